The van der Waals surface area contributed by atoms with Gasteiger partial charge in [0, 0.05) is 0 Å². The standard InChI is InChI=1S/C13H19NO5S/c1-5-9-6-7-10(8-11(9)12(15)16)20(17,18)14-19-13(2,3)4/h6-8,14H,5H2,1-4H3,(H,15,16). The molecule has 1 aromatic rings. The Balaban J connectivity index is 3.13. The zero-order valence-corrected chi connectivity index (χ0v) is 12.7. The lowest BCUT2D eigenvalue weighted by Crippen LogP contribution is -2.33. The monoisotopic (exact) mass is 301 g/mol. The van der Waals surface area contributed by atoms with Crippen LogP contribution >= 0.6 is 0 Å². The first kappa shape index (κ1) is 16.6. The van der Waals surface area contributed by atoms with Crippen molar-refractivity contribution in [3.05, 3.63) is 29.3 Å². The minimum atomic E-state index is -3.91. The van der Waals surface area contributed by atoms with Crippen LogP contribution in [0, 0.1) is 0 Å². The van der Waals surface area contributed by atoms with Gasteiger partial charge in [0.1, 0.15) is 0 Å². The van der Waals surface area contributed by atoms with Gasteiger partial charge in [0.25, 0.3) is 10.0 Å². The first-order chi connectivity index (χ1) is 9.07. The third-order valence-electron chi connectivity index (χ3n) is 2.46. The van der Waals surface area contributed by atoms with Gasteiger partial charge in [-0.2, -0.15) is 0 Å². The molecule has 0 radical (unpaired) electrons. The molecule has 1 aromatic carbocycles. The smallest absolute Gasteiger partial charge is 0.336 e. The maximum absolute atomic E-state index is 12.0. The van der Waals surface area contributed by atoms with Crippen molar-refractivity contribution < 1.29 is 23.2 Å². The van der Waals surface area contributed by atoms with Crippen LogP contribution in [0.1, 0.15) is 43.6 Å². The maximum atomic E-state index is 12.0. The quantitative estimate of drug-likeness (QED) is 0.811. The first-order valence-corrected chi connectivity index (χ1v) is 7.61. The van der Waals surface area contributed by atoms with Crippen molar-refractivity contribution in [2.45, 2.75) is 44.6 Å². The van der Waals surface area contributed by atoms with E-state index in [4.69, 9.17) is 9.94 Å². The number of hydrogen-bond acceptors (Lipinski definition) is 4. The lowest BCUT2D eigenvalue weighted by atomic mass is 10.1. The third kappa shape index (κ3) is 4.29. The van der Waals surface area contributed by atoms with Crippen molar-refractivity contribution >= 4 is 16.0 Å². The molecule has 20 heavy (non-hydrogen) atoms. The van der Waals surface area contributed by atoms with Crippen LogP contribution in [0.5, 0.6) is 0 Å². The van der Waals surface area contributed by atoms with Crippen molar-refractivity contribution in [1.29, 1.82) is 0 Å². The fourth-order valence-corrected chi connectivity index (χ4v) is 2.43. The predicted octanol–water partition coefficient (Wildman–Crippen LogP) is 1.96. The number of aryl methyl sites for hydroxylation is 1. The number of carboxylic acids is 1. The molecule has 0 saturated carbocycles. The summed E-state index contributed by atoms with van der Waals surface area (Å²) in [7, 11) is -3.91. The van der Waals surface area contributed by atoms with E-state index in [1.165, 1.54) is 12.1 Å². The molecule has 0 fully saturated rings. The third-order valence-corrected chi connectivity index (χ3v) is 3.64. The summed E-state index contributed by atoms with van der Waals surface area (Å²) in [5.74, 6) is -1.16. The molecule has 6 nitrogen and oxygen atoms in total. The molecular formula is C13H19NO5S. The zero-order chi connectivity index (χ0) is 15.6. The molecule has 0 unspecified atom stereocenters. The molecule has 0 aromatic heterocycles. The van der Waals surface area contributed by atoms with E-state index in [0.717, 1.165) is 6.07 Å². The summed E-state index contributed by atoms with van der Waals surface area (Å²) in [6.45, 7) is 6.88. The molecule has 0 atom stereocenters. The van der Waals surface area contributed by atoms with E-state index in [2.05, 4.69) is 0 Å². The van der Waals surface area contributed by atoms with Crippen LogP contribution in [0.25, 0.3) is 0 Å². The Morgan fingerprint density at radius 1 is 1.35 bits per heavy atom. The Labute approximate surface area is 118 Å². The summed E-state index contributed by atoms with van der Waals surface area (Å²) in [4.78, 5) is 18.0. The number of nitrogens with one attached hydrogen (secondary N) is 1. The summed E-state index contributed by atoms with van der Waals surface area (Å²) in [5, 5.41) is 9.10. The van der Waals surface area contributed by atoms with Crippen LogP contribution in [-0.2, 0) is 21.3 Å². The molecule has 1 rings (SSSR count). The molecule has 0 spiro atoms. The SMILES string of the molecule is CCc1ccc(S(=O)(=O)NOC(C)(C)C)cc1C(=O)O. The largest absolute Gasteiger partial charge is 0.478 e. The average molecular weight is 301 g/mol. The van der Waals surface area contributed by atoms with Crippen LogP contribution in [-0.4, -0.2) is 25.1 Å². The van der Waals surface area contributed by atoms with Gasteiger partial charge >= 0.3 is 5.97 Å². The van der Waals surface area contributed by atoms with Gasteiger partial charge in [-0.15, -0.1) is 0 Å². The molecule has 0 aliphatic heterocycles. The number of carbonyl (C=O) groups is 1. The van der Waals surface area contributed by atoms with Crippen molar-refractivity contribution in [3.8, 4) is 0 Å². The minimum Gasteiger partial charge on any atom is -0.478 e. The van der Waals surface area contributed by atoms with E-state index in [9.17, 15) is 13.2 Å². The van der Waals surface area contributed by atoms with E-state index in [1.807, 2.05) is 4.89 Å². The predicted molar refractivity (Wildman–Crippen MR) is 73.9 cm³/mol. The molecule has 0 heterocycles. The Morgan fingerprint density at radius 3 is 2.40 bits per heavy atom. The highest BCUT2D eigenvalue weighted by atomic mass is 32.2. The highest BCUT2D eigenvalue weighted by molar-refractivity contribution is 7.89. The fraction of sp³-hybridized carbons (Fsp3) is 0.462. The molecule has 112 valence electrons. The van der Waals surface area contributed by atoms with Crippen LogP contribution in [0.15, 0.2) is 23.1 Å². The second kappa shape index (κ2) is 5.90. The zero-order valence-electron chi connectivity index (χ0n) is 11.9. The van der Waals surface area contributed by atoms with Gasteiger partial charge in [-0.1, -0.05) is 17.9 Å². The second-order valence-corrected chi connectivity index (χ2v) is 6.92. The van der Waals surface area contributed by atoms with Gasteiger partial charge in [0.2, 0.25) is 0 Å². The van der Waals surface area contributed by atoms with E-state index in [-0.39, 0.29) is 10.5 Å². The molecule has 0 aliphatic carbocycles. The van der Waals surface area contributed by atoms with Crippen molar-refractivity contribution in [2.24, 2.45) is 0 Å². The Hall–Kier alpha value is -1.44. The molecule has 0 bridgehead atoms. The van der Waals surface area contributed by atoms with Gasteiger partial charge in [0.15, 0.2) is 0 Å². The molecular weight excluding hydrogens is 282 g/mol. The van der Waals surface area contributed by atoms with Gasteiger partial charge in [-0.3, -0.25) is 4.84 Å². The van der Waals surface area contributed by atoms with Gasteiger partial charge in [-0.05, 0) is 44.9 Å². The minimum absolute atomic E-state index is 0.0221. The van der Waals surface area contributed by atoms with E-state index in [1.54, 1.807) is 27.7 Å². The number of aromatic carboxylic acids is 1. The summed E-state index contributed by atoms with van der Waals surface area (Å²) in [6, 6.07) is 3.99. The van der Waals surface area contributed by atoms with Crippen LogP contribution < -0.4 is 4.89 Å². The normalized spacial score (nSPS) is 12.4. The number of hydrogen-bond donors (Lipinski definition) is 2. The first-order valence-electron chi connectivity index (χ1n) is 6.13. The number of rotatable bonds is 5. The average Bonchev–Trinajstić information content (AvgIpc) is 2.35. The van der Waals surface area contributed by atoms with E-state index in [0.29, 0.717) is 12.0 Å². The summed E-state index contributed by atoms with van der Waals surface area (Å²) < 4.78 is 24.0. The Kier molecular flexibility index (Phi) is 4.90. The molecule has 0 amide bonds. The number of sulfonamides is 1. The molecule has 0 saturated heterocycles. The van der Waals surface area contributed by atoms with Gasteiger partial charge in [-0.25, -0.2) is 13.2 Å². The van der Waals surface area contributed by atoms with Crippen molar-refractivity contribution in [1.82, 2.24) is 4.89 Å². The summed E-state index contributed by atoms with van der Waals surface area (Å²) in [6.07, 6.45) is 0.508. The highest BCUT2D eigenvalue weighted by Crippen LogP contribution is 2.18. The van der Waals surface area contributed by atoms with Crippen molar-refractivity contribution in [3.63, 3.8) is 0 Å². The van der Waals surface area contributed by atoms with E-state index < -0.39 is 21.6 Å². The Morgan fingerprint density at radius 2 is 1.95 bits per heavy atom. The number of benzene rings is 1. The van der Waals surface area contributed by atoms with E-state index >= 15 is 0 Å². The topological polar surface area (TPSA) is 92.7 Å². The molecule has 7 heteroatoms. The van der Waals surface area contributed by atoms with Crippen LogP contribution in [0.4, 0.5) is 0 Å². The summed E-state index contributed by atoms with van der Waals surface area (Å²) in [5.41, 5.74) is -0.134. The molecule has 2 N–H and O–H groups in total. The van der Waals surface area contributed by atoms with Crippen LogP contribution in [0.3, 0.4) is 0 Å². The summed E-state index contributed by atoms with van der Waals surface area (Å²) >= 11 is 0. The highest BCUT2D eigenvalue weighted by Gasteiger charge is 2.21. The van der Waals surface area contributed by atoms with Gasteiger partial charge in [0.05, 0.1) is 16.1 Å². The lowest BCUT2D eigenvalue weighted by molar-refractivity contribution is -0.0357. The lowest BCUT2D eigenvalue weighted by Gasteiger charge is -2.19. The van der Waals surface area contributed by atoms with Crippen LogP contribution in [0.2, 0.25) is 0 Å². The van der Waals surface area contributed by atoms with Crippen molar-refractivity contribution in [2.75, 3.05) is 0 Å². The molecule has 0 aliphatic rings. The number of carboxylic acid groups (broad SMARTS) is 1. The maximum Gasteiger partial charge on any atom is 0.336 e. The van der Waals surface area contributed by atoms with Gasteiger partial charge < -0.3 is 5.11 Å². The Bertz CT molecular complexity index is 602. The fourth-order valence-electron chi connectivity index (χ4n) is 1.46. The second-order valence-electron chi connectivity index (χ2n) is 5.28.